The second-order valence-electron chi connectivity index (χ2n) is 4.64. The summed E-state index contributed by atoms with van der Waals surface area (Å²) in [4.78, 5) is 4.29. The fourth-order valence-electron chi connectivity index (χ4n) is 1.81. The summed E-state index contributed by atoms with van der Waals surface area (Å²) in [7, 11) is 0. The first-order valence-corrected chi connectivity index (χ1v) is 8.05. The molecule has 1 heterocycles. The van der Waals surface area contributed by atoms with E-state index in [1.807, 2.05) is 0 Å². The van der Waals surface area contributed by atoms with E-state index in [4.69, 9.17) is 15.2 Å². The minimum atomic E-state index is -4.70. The molecule has 0 atom stereocenters. The van der Waals surface area contributed by atoms with Crippen molar-refractivity contribution in [2.75, 3.05) is 44.8 Å². The average Bonchev–Trinajstić information content (AvgIpc) is 2.90. The predicted molar refractivity (Wildman–Crippen MR) is 85.5 cm³/mol. The third-order valence-electron chi connectivity index (χ3n) is 2.75. The van der Waals surface area contributed by atoms with Crippen LogP contribution in [0.2, 0.25) is 0 Å². The van der Waals surface area contributed by atoms with Crippen molar-refractivity contribution in [3.05, 3.63) is 18.2 Å². The molecule has 134 valence electrons. The summed E-state index contributed by atoms with van der Waals surface area (Å²) in [6.07, 6.45) is -4.70. The summed E-state index contributed by atoms with van der Waals surface area (Å²) in [5, 5.41) is 3.67. The molecule has 0 saturated carbocycles. The smallest absolute Gasteiger partial charge is 0.406 e. The van der Waals surface area contributed by atoms with E-state index >= 15 is 0 Å². The molecule has 0 amide bonds. The van der Waals surface area contributed by atoms with Gasteiger partial charge in [0.1, 0.15) is 5.75 Å². The topological polar surface area (TPSA) is 78.6 Å². The summed E-state index contributed by atoms with van der Waals surface area (Å²) in [5.41, 5.74) is 5.89. The molecule has 0 bridgehead atoms. The molecule has 1 aromatic carbocycles. The summed E-state index contributed by atoms with van der Waals surface area (Å²) in [5.74, 6) is -0.258. The second-order valence-corrected chi connectivity index (χ2v) is 5.67. The Labute approximate surface area is 140 Å². The summed E-state index contributed by atoms with van der Waals surface area (Å²) in [6, 6.07) is 4.05. The lowest BCUT2D eigenvalue weighted by molar-refractivity contribution is -0.274. The Morgan fingerprint density at radius 1 is 1.12 bits per heavy atom. The van der Waals surface area contributed by atoms with Crippen molar-refractivity contribution < 1.29 is 27.4 Å². The first-order valence-electron chi connectivity index (χ1n) is 7.24. The number of halogens is 3. The molecular weight excluding hydrogens is 347 g/mol. The third kappa shape index (κ3) is 6.48. The van der Waals surface area contributed by atoms with Crippen molar-refractivity contribution in [2.24, 2.45) is 5.73 Å². The number of rotatable bonds is 10. The zero-order valence-electron chi connectivity index (χ0n) is 12.8. The summed E-state index contributed by atoms with van der Waals surface area (Å²) in [6.45, 7) is 2.94. The number of alkyl halides is 3. The molecule has 2 rings (SSSR count). The van der Waals surface area contributed by atoms with E-state index < -0.39 is 6.36 Å². The Hall–Kier alpha value is -1.62. The Kier molecular flexibility index (Phi) is 7.03. The lowest BCUT2D eigenvalue weighted by atomic mass is 10.3. The number of ether oxygens (including phenoxy) is 3. The zero-order chi connectivity index (χ0) is 17.4. The number of thiazole rings is 1. The molecule has 6 nitrogen and oxygen atoms in total. The highest BCUT2D eigenvalue weighted by Gasteiger charge is 2.31. The lowest BCUT2D eigenvalue weighted by Gasteiger charge is -2.07. The van der Waals surface area contributed by atoms with Gasteiger partial charge in [-0.05, 0) is 12.1 Å². The van der Waals surface area contributed by atoms with Gasteiger partial charge in [-0.15, -0.1) is 13.2 Å². The molecule has 24 heavy (non-hydrogen) atoms. The van der Waals surface area contributed by atoms with Crippen LogP contribution in [0.15, 0.2) is 18.2 Å². The standard InChI is InChI=1S/C14H18F3N3O3S/c15-14(16,17)23-10-1-2-11-12(9-10)24-13(20-11)19-4-6-22-8-7-21-5-3-18/h1-2,9H,3-8,18H2,(H,19,20). The summed E-state index contributed by atoms with van der Waals surface area (Å²) < 4.78 is 51.6. The minimum Gasteiger partial charge on any atom is -0.406 e. The number of hydrogen-bond donors (Lipinski definition) is 2. The van der Waals surface area contributed by atoms with Gasteiger partial charge in [-0.2, -0.15) is 0 Å². The van der Waals surface area contributed by atoms with Crippen molar-refractivity contribution in [1.29, 1.82) is 0 Å². The molecule has 0 saturated heterocycles. The second kappa shape index (κ2) is 9.02. The highest BCUT2D eigenvalue weighted by atomic mass is 32.1. The van der Waals surface area contributed by atoms with Crippen molar-refractivity contribution in [1.82, 2.24) is 4.98 Å². The normalized spacial score (nSPS) is 11.8. The van der Waals surface area contributed by atoms with Crippen molar-refractivity contribution in [3.63, 3.8) is 0 Å². The number of nitrogens with two attached hydrogens (primary N) is 1. The Bertz CT molecular complexity index is 636. The number of aromatic nitrogens is 1. The minimum absolute atomic E-state index is 0.258. The molecule has 0 radical (unpaired) electrons. The molecule has 0 aliphatic heterocycles. The van der Waals surface area contributed by atoms with E-state index in [1.54, 1.807) is 0 Å². The van der Waals surface area contributed by atoms with E-state index in [1.165, 1.54) is 29.5 Å². The lowest BCUT2D eigenvalue weighted by Crippen LogP contribution is -2.16. The molecule has 0 unspecified atom stereocenters. The van der Waals surface area contributed by atoms with E-state index in [-0.39, 0.29) is 5.75 Å². The van der Waals surface area contributed by atoms with Gasteiger partial charge in [0.05, 0.1) is 36.6 Å². The highest BCUT2D eigenvalue weighted by Crippen LogP contribution is 2.31. The number of nitrogens with zero attached hydrogens (tertiary/aromatic N) is 1. The number of nitrogens with one attached hydrogen (secondary N) is 1. The Balaban J connectivity index is 1.77. The molecule has 0 aliphatic carbocycles. The monoisotopic (exact) mass is 365 g/mol. The van der Waals surface area contributed by atoms with Crippen LogP contribution in [0.25, 0.3) is 10.2 Å². The number of fused-ring (bicyclic) bond motifs is 1. The van der Waals surface area contributed by atoms with Gasteiger partial charge >= 0.3 is 6.36 Å². The van der Waals surface area contributed by atoms with Crippen LogP contribution in [0.4, 0.5) is 18.3 Å². The van der Waals surface area contributed by atoms with Crippen LogP contribution < -0.4 is 15.8 Å². The van der Waals surface area contributed by atoms with E-state index in [0.29, 0.717) is 54.9 Å². The van der Waals surface area contributed by atoms with E-state index in [0.717, 1.165) is 0 Å². The fraction of sp³-hybridized carbons (Fsp3) is 0.500. The molecular formula is C14H18F3N3O3S. The molecule has 2 aromatic rings. The quantitative estimate of drug-likeness (QED) is 0.630. The van der Waals surface area contributed by atoms with Crippen molar-refractivity contribution in [3.8, 4) is 5.75 Å². The molecule has 10 heteroatoms. The van der Waals surface area contributed by atoms with E-state index in [9.17, 15) is 13.2 Å². The number of hydrogen-bond acceptors (Lipinski definition) is 7. The van der Waals surface area contributed by atoms with Gasteiger partial charge in [0.2, 0.25) is 0 Å². The van der Waals surface area contributed by atoms with Gasteiger partial charge in [0.25, 0.3) is 0 Å². The molecule has 0 fully saturated rings. The Morgan fingerprint density at radius 2 is 1.88 bits per heavy atom. The van der Waals surface area contributed by atoms with Crippen LogP contribution in [0, 0.1) is 0 Å². The van der Waals surface area contributed by atoms with Gasteiger partial charge in [0.15, 0.2) is 5.13 Å². The van der Waals surface area contributed by atoms with E-state index in [2.05, 4.69) is 15.0 Å². The van der Waals surface area contributed by atoms with Crippen molar-refractivity contribution in [2.45, 2.75) is 6.36 Å². The van der Waals surface area contributed by atoms with Gasteiger partial charge in [-0.25, -0.2) is 4.98 Å². The summed E-state index contributed by atoms with van der Waals surface area (Å²) >= 11 is 1.25. The maximum absolute atomic E-state index is 12.2. The van der Waals surface area contributed by atoms with Crippen molar-refractivity contribution >= 4 is 26.7 Å². The zero-order valence-corrected chi connectivity index (χ0v) is 13.6. The average molecular weight is 365 g/mol. The first kappa shape index (κ1) is 18.7. The van der Waals surface area contributed by atoms with Crippen LogP contribution in [-0.2, 0) is 9.47 Å². The molecule has 0 aliphatic rings. The van der Waals surface area contributed by atoms with Crippen LogP contribution >= 0.6 is 11.3 Å². The molecule has 1 aromatic heterocycles. The van der Waals surface area contributed by atoms with Crippen LogP contribution in [0.1, 0.15) is 0 Å². The van der Waals surface area contributed by atoms with Crippen LogP contribution in [-0.4, -0.2) is 50.9 Å². The van der Waals surface area contributed by atoms with Crippen LogP contribution in [0.3, 0.4) is 0 Å². The maximum Gasteiger partial charge on any atom is 0.573 e. The number of anilines is 1. The highest BCUT2D eigenvalue weighted by molar-refractivity contribution is 7.22. The maximum atomic E-state index is 12.2. The number of benzene rings is 1. The third-order valence-corrected chi connectivity index (χ3v) is 3.73. The Morgan fingerprint density at radius 3 is 2.58 bits per heavy atom. The fourth-order valence-corrected chi connectivity index (χ4v) is 2.73. The van der Waals surface area contributed by atoms with Gasteiger partial charge in [-0.3, -0.25) is 0 Å². The van der Waals surface area contributed by atoms with Gasteiger partial charge < -0.3 is 25.3 Å². The van der Waals surface area contributed by atoms with Gasteiger partial charge in [-0.1, -0.05) is 11.3 Å². The predicted octanol–water partition coefficient (Wildman–Crippen LogP) is 2.60. The molecule has 0 spiro atoms. The molecule has 3 N–H and O–H groups in total. The first-order chi connectivity index (χ1) is 11.5. The van der Waals surface area contributed by atoms with Crippen LogP contribution in [0.5, 0.6) is 5.75 Å². The van der Waals surface area contributed by atoms with Gasteiger partial charge in [0, 0.05) is 19.2 Å². The largest absolute Gasteiger partial charge is 0.573 e. The SMILES string of the molecule is NCCOCCOCCNc1nc2ccc(OC(F)(F)F)cc2s1.